The van der Waals surface area contributed by atoms with E-state index in [0.29, 0.717) is 17.4 Å². The molecule has 1 aromatic rings. The summed E-state index contributed by atoms with van der Waals surface area (Å²) in [6.07, 6.45) is 2.10. The zero-order valence-corrected chi connectivity index (χ0v) is 6.05. The van der Waals surface area contributed by atoms with Gasteiger partial charge in [-0.25, -0.2) is 9.37 Å². The van der Waals surface area contributed by atoms with Gasteiger partial charge in [0.2, 0.25) is 0 Å². The summed E-state index contributed by atoms with van der Waals surface area (Å²) in [7, 11) is 0. The molecule has 0 saturated heterocycles. The Balaban J connectivity index is 2.42. The molecular formula is C8H9FN2. The van der Waals surface area contributed by atoms with Crippen molar-refractivity contribution in [2.24, 2.45) is 0 Å². The van der Waals surface area contributed by atoms with Gasteiger partial charge in [-0.2, -0.15) is 0 Å². The molecule has 1 fully saturated rings. The summed E-state index contributed by atoms with van der Waals surface area (Å²) in [5, 5.41) is 0. The van der Waals surface area contributed by atoms with Crippen LogP contribution >= 0.6 is 0 Å². The first-order chi connectivity index (χ1) is 5.27. The van der Waals surface area contributed by atoms with E-state index < -0.39 is 0 Å². The van der Waals surface area contributed by atoms with Crippen LogP contribution in [0.2, 0.25) is 0 Å². The standard InChI is InChI=1S/C8H9FN2/c9-6-3-4-7(10)11-8(6)5-1-2-5/h3-5H,1-2H2,(H2,10,11). The maximum absolute atomic E-state index is 12.9. The van der Waals surface area contributed by atoms with Crippen molar-refractivity contribution in [2.45, 2.75) is 18.8 Å². The number of hydrogen-bond acceptors (Lipinski definition) is 2. The van der Waals surface area contributed by atoms with E-state index >= 15 is 0 Å². The number of nitrogen functional groups attached to an aromatic ring is 1. The third-order valence-corrected chi connectivity index (χ3v) is 1.86. The molecule has 1 saturated carbocycles. The van der Waals surface area contributed by atoms with Crippen LogP contribution in [0.5, 0.6) is 0 Å². The molecule has 0 spiro atoms. The van der Waals surface area contributed by atoms with E-state index in [4.69, 9.17) is 5.73 Å². The molecule has 0 unspecified atom stereocenters. The molecule has 1 aromatic heterocycles. The van der Waals surface area contributed by atoms with Gasteiger partial charge in [0.15, 0.2) is 0 Å². The fourth-order valence-corrected chi connectivity index (χ4v) is 1.12. The molecule has 2 N–H and O–H groups in total. The smallest absolute Gasteiger partial charge is 0.145 e. The van der Waals surface area contributed by atoms with E-state index in [-0.39, 0.29) is 5.82 Å². The summed E-state index contributed by atoms with van der Waals surface area (Å²) in [5.74, 6) is 0.522. The van der Waals surface area contributed by atoms with Crippen LogP contribution in [0.3, 0.4) is 0 Å². The first-order valence-electron chi connectivity index (χ1n) is 3.69. The van der Waals surface area contributed by atoms with Gasteiger partial charge in [-0.1, -0.05) is 0 Å². The monoisotopic (exact) mass is 152 g/mol. The normalized spacial score (nSPS) is 16.8. The minimum atomic E-state index is -0.221. The Morgan fingerprint density at radius 2 is 2.18 bits per heavy atom. The van der Waals surface area contributed by atoms with E-state index in [0.717, 1.165) is 12.8 Å². The van der Waals surface area contributed by atoms with Gasteiger partial charge >= 0.3 is 0 Å². The highest BCUT2D eigenvalue weighted by Crippen LogP contribution is 2.40. The van der Waals surface area contributed by atoms with Gasteiger partial charge in [0.1, 0.15) is 11.6 Å². The average Bonchev–Trinajstić information content (AvgIpc) is 2.76. The molecular weight excluding hydrogens is 143 g/mol. The summed E-state index contributed by atoms with van der Waals surface area (Å²) in [5.41, 5.74) is 5.96. The lowest BCUT2D eigenvalue weighted by atomic mass is 10.2. The van der Waals surface area contributed by atoms with Crippen LogP contribution in [0.15, 0.2) is 12.1 Å². The maximum atomic E-state index is 12.9. The highest BCUT2D eigenvalue weighted by Gasteiger charge is 2.27. The molecule has 11 heavy (non-hydrogen) atoms. The van der Waals surface area contributed by atoms with Crippen LogP contribution < -0.4 is 5.73 Å². The molecule has 1 aliphatic rings. The quantitative estimate of drug-likeness (QED) is 0.664. The number of nitrogens with two attached hydrogens (primary N) is 1. The molecule has 1 aliphatic carbocycles. The molecule has 0 atom stereocenters. The molecule has 2 rings (SSSR count). The predicted molar refractivity (Wildman–Crippen MR) is 40.6 cm³/mol. The van der Waals surface area contributed by atoms with Crippen LogP contribution in [0.25, 0.3) is 0 Å². The zero-order chi connectivity index (χ0) is 7.84. The largest absolute Gasteiger partial charge is 0.384 e. The van der Waals surface area contributed by atoms with Gasteiger partial charge in [0.25, 0.3) is 0 Å². The Morgan fingerprint density at radius 3 is 2.82 bits per heavy atom. The van der Waals surface area contributed by atoms with Gasteiger partial charge < -0.3 is 5.73 Å². The topological polar surface area (TPSA) is 38.9 Å². The summed E-state index contributed by atoms with van der Waals surface area (Å²) < 4.78 is 12.9. The van der Waals surface area contributed by atoms with Crippen molar-refractivity contribution < 1.29 is 4.39 Å². The Bertz CT molecular complexity index is 281. The fourth-order valence-electron chi connectivity index (χ4n) is 1.12. The van der Waals surface area contributed by atoms with Gasteiger partial charge in [0.05, 0.1) is 5.69 Å². The minimum absolute atomic E-state index is 0.221. The van der Waals surface area contributed by atoms with E-state index in [1.54, 1.807) is 0 Å². The second kappa shape index (κ2) is 2.19. The second-order valence-electron chi connectivity index (χ2n) is 2.88. The van der Waals surface area contributed by atoms with Crippen LogP contribution in [0.4, 0.5) is 10.2 Å². The fraction of sp³-hybridized carbons (Fsp3) is 0.375. The average molecular weight is 152 g/mol. The molecule has 0 amide bonds. The minimum Gasteiger partial charge on any atom is -0.384 e. The Morgan fingerprint density at radius 1 is 1.45 bits per heavy atom. The molecule has 3 heteroatoms. The van der Waals surface area contributed by atoms with E-state index in [9.17, 15) is 4.39 Å². The Hall–Kier alpha value is -1.12. The SMILES string of the molecule is Nc1ccc(F)c(C2CC2)n1. The van der Waals surface area contributed by atoms with E-state index in [2.05, 4.69) is 4.98 Å². The van der Waals surface area contributed by atoms with E-state index in [1.807, 2.05) is 0 Å². The molecule has 58 valence electrons. The Kier molecular flexibility index (Phi) is 1.31. The van der Waals surface area contributed by atoms with Crippen LogP contribution in [-0.2, 0) is 0 Å². The third-order valence-electron chi connectivity index (χ3n) is 1.86. The lowest BCUT2D eigenvalue weighted by Gasteiger charge is -1.99. The Labute approximate surface area is 64.2 Å². The highest BCUT2D eigenvalue weighted by atomic mass is 19.1. The van der Waals surface area contributed by atoms with Crippen LogP contribution in [0, 0.1) is 5.82 Å². The van der Waals surface area contributed by atoms with Crippen molar-refractivity contribution in [2.75, 3.05) is 5.73 Å². The summed E-state index contributed by atoms with van der Waals surface area (Å²) in [6.45, 7) is 0. The number of aromatic nitrogens is 1. The second-order valence-corrected chi connectivity index (χ2v) is 2.88. The lowest BCUT2D eigenvalue weighted by molar-refractivity contribution is 0.601. The molecule has 0 radical (unpaired) electrons. The van der Waals surface area contributed by atoms with Crippen molar-refractivity contribution in [3.05, 3.63) is 23.6 Å². The summed E-state index contributed by atoms with van der Waals surface area (Å²) in [6, 6.07) is 2.87. The summed E-state index contributed by atoms with van der Waals surface area (Å²) in [4.78, 5) is 3.94. The van der Waals surface area contributed by atoms with Crippen molar-refractivity contribution in [3.8, 4) is 0 Å². The van der Waals surface area contributed by atoms with Crippen molar-refractivity contribution in [3.63, 3.8) is 0 Å². The molecule has 2 nitrogen and oxygen atoms in total. The van der Waals surface area contributed by atoms with Gasteiger partial charge in [0, 0.05) is 5.92 Å². The molecule has 0 aliphatic heterocycles. The zero-order valence-electron chi connectivity index (χ0n) is 6.05. The van der Waals surface area contributed by atoms with Crippen LogP contribution in [0.1, 0.15) is 24.5 Å². The number of rotatable bonds is 1. The number of hydrogen-bond donors (Lipinski definition) is 1. The number of anilines is 1. The first kappa shape index (κ1) is 6.58. The molecule has 0 bridgehead atoms. The number of nitrogens with zero attached hydrogens (tertiary/aromatic N) is 1. The highest BCUT2D eigenvalue weighted by molar-refractivity contribution is 5.32. The van der Waals surface area contributed by atoms with Gasteiger partial charge in [-0.3, -0.25) is 0 Å². The third kappa shape index (κ3) is 1.18. The van der Waals surface area contributed by atoms with Crippen molar-refractivity contribution in [1.29, 1.82) is 0 Å². The van der Waals surface area contributed by atoms with Gasteiger partial charge in [-0.15, -0.1) is 0 Å². The number of pyridine rings is 1. The van der Waals surface area contributed by atoms with E-state index in [1.165, 1.54) is 12.1 Å². The predicted octanol–water partition coefficient (Wildman–Crippen LogP) is 1.68. The van der Waals surface area contributed by atoms with Crippen molar-refractivity contribution >= 4 is 5.82 Å². The summed E-state index contributed by atoms with van der Waals surface area (Å²) >= 11 is 0. The first-order valence-corrected chi connectivity index (χ1v) is 3.69. The van der Waals surface area contributed by atoms with Crippen molar-refractivity contribution in [1.82, 2.24) is 4.98 Å². The van der Waals surface area contributed by atoms with Crippen LogP contribution in [-0.4, -0.2) is 4.98 Å². The van der Waals surface area contributed by atoms with Gasteiger partial charge in [-0.05, 0) is 25.0 Å². The maximum Gasteiger partial charge on any atom is 0.145 e. The molecule has 0 aromatic carbocycles. The molecule has 1 heterocycles. The number of halogens is 1. The lowest BCUT2D eigenvalue weighted by Crippen LogP contribution is -1.97.